The van der Waals surface area contributed by atoms with Gasteiger partial charge in [-0.25, -0.2) is 0 Å². The summed E-state index contributed by atoms with van der Waals surface area (Å²) < 4.78 is 0. The van der Waals surface area contributed by atoms with Gasteiger partial charge >= 0.3 is 0 Å². The lowest BCUT2D eigenvalue weighted by Gasteiger charge is -2.26. The van der Waals surface area contributed by atoms with Crippen molar-refractivity contribution >= 4 is 11.5 Å². The van der Waals surface area contributed by atoms with E-state index in [4.69, 9.17) is 5.73 Å². The Bertz CT molecular complexity index is 411. The molecule has 1 aliphatic heterocycles. The van der Waals surface area contributed by atoms with Gasteiger partial charge < -0.3 is 10.6 Å². The van der Waals surface area contributed by atoms with Crippen molar-refractivity contribution in [2.24, 2.45) is 5.73 Å². The third-order valence-electron chi connectivity index (χ3n) is 3.06. The number of amides is 1. The summed E-state index contributed by atoms with van der Waals surface area (Å²) in [5.74, 6) is 0.163. The third-order valence-corrected chi connectivity index (χ3v) is 3.06. The summed E-state index contributed by atoms with van der Waals surface area (Å²) in [5, 5.41) is 0. The molecule has 1 heterocycles. The second kappa shape index (κ2) is 5.64. The number of benzene rings is 1. The van der Waals surface area contributed by atoms with Gasteiger partial charge in [0.05, 0.1) is 0 Å². The van der Waals surface area contributed by atoms with E-state index >= 15 is 0 Å². The Balaban J connectivity index is 2.00. The van der Waals surface area contributed by atoms with Crippen LogP contribution in [0.1, 0.15) is 18.4 Å². The minimum absolute atomic E-state index is 0.163. The average molecular weight is 230 g/mol. The number of hydrogen-bond donors (Lipinski definition) is 1. The van der Waals surface area contributed by atoms with E-state index in [9.17, 15) is 4.79 Å². The van der Waals surface area contributed by atoms with Gasteiger partial charge in [-0.05, 0) is 17.6 Å². The standard InChI is InChI=1S/C14H18N2O/c15-9-6-14(17)16-10-7-13(8-11-16)12-4-2-1-3-5-12/h1-5,7H,6,8-11,15H2. The topological polar surface area (TPSA) is 46.3 Å². The molecule has 0 radical (unpaired) electrons. The molecule has 0 spiro atoms. The molecule has 2 rings (SSSR count). The van der Waals surface area contributed by atoms with Crippen LogP contribution in [0.3, 0.4) is 0 Å². The molecule has 0 aliphatic carbocycles. The highest BCUT2D eigenvalue weighted by Crippen LogP contribution is 2.22. The van der Waals surface area contributed by atoms with Crippen LogP contribution in [0.5, 0.6) is 0 Å². The summed E-state index contributed by atoms with van der Waals surface area (Å²) in [5.41, 5.74) is 7.99. The minimum atomic E-state index is 0.163. The fraction of sp³-hybridized carbons (Fsp3) is 0.357. The van der Waals surface area contributed by atoms with Crippen molar-refractivity contribution in [3.05, 3.63) is 42.0 Å². The first-order chi connectivity index (χ1) is 8.31. The lowest BCUT2D eigenvalue weighted by atomic mass is 9.99. The van der Waals surface area contributed by atoms with E-state index in [0.29, 0.717) is 19.5 Å². The second-order valence-electron chi connectivity index (χ2n) is 4.22. The summed E-state index contributed by atoms with van der Waals surface area (Å²) in [6.07, 6.45) is 3.53. The van der Waals surface area contributed by atoms with Gasteiger partial charge in [0.1, 0.15) is 0 Å². The molecule has 0 saturated heterocycles. The maximum atomic E-state index is 11.7. The number of nitrogens with zero attached hydrogens (tertiary/aromatic N) is 1. The predicted molar refractivity (Wildman–Crippen MR) is 69.3 cm³/mol. The molecule has 1 aromatic rings. The van der Waals surface area contributed by atoms with Gasteiger partial charge in [0.2, 0.25) is 5.91 Å². The maximum Gasteiger partial charge on any atom is 0.224 e. The highest BCUT2D eigenvalue weighted by Gasteiger charge is 2.16. The Kier molecular flexibility index (Phi) is 3.94. The van der Waals surface area contributed by atoms with Gasteiger partial charge in [-0.1, -0.05) is 36.4 Å². The molecule has 2 N–H and O–H groups in total. The van der Waals surface area contributed by atoms with Gasteiger partial charge in [-0.3, -0.25) is 4.79 Å². The molecular formula is C14H18N2O. The van der Waals surface area contributed by atoms with E-state index < -0.39 is 0 Å². The van der Waals surface area contributed by atoms with E-state index in [1.54, 1.807) is 0 Å². The number of hydrogen-bond acceptors (Lipinski definition) is 2. The average Bonchev–Trinajstić information content (AvgIpc) is 2.40. The van der Waals surface area contributed by atoms with E-state index in [2.05, 4.69) is 18.2 Å². The fourth-order valence-corrected chi connectivity index (χ4v) is 2.09. The van der Waals surface area contributed by atoms with E-state index in [1.165, 1.54) is 11.1 Å². The van der Waals surface area contributed by atoms with Crippen LogP contribution in [0.2, 0.25) is 0 Å². The first-order valence-electron chi connectivity index (χ1n) is 6.03. The summed E-state index contributed by atoms with van der Waals surface area (Å²) in [6.45, 7) is 1.95. The molecule has 90 valence electrons. The Morgan fingerprint density at radius 2 is 2.06 bits per heavy atom. The molecule has 3 nitrogen and oxygen atoms in total. The SMILES string of the molecule is NCCC(=O)N1CC=C(c2ccccc2)CC1. The van der Waals surface area contributed by atoms with Crippen molar-refractivity contribution in [1.29, 1.82) is 0 Å². The smallest absolute Gasteiger partial charge is 0.224 e. The Morgan fingerprint density at radius 3 is 2.65 bits per heavy atom. The van der Waals surface area contributed by atoms with Crippen LogP contribution in [0.4, 0.5) is 0 Å². The van der Waals surface area contributed by atoms with Crippen molar-refractivity contribution in [3.63, 3.8) is 0 Å². The van der Waals surface area contributed by atoms with Crippen molar-refractivity contribution < 1.29 is 4.79 Å². The minimum Gasteiger partial charge on any atom is -0.339 e. The van der Waals surface area contributed by atoms with E-state index in [0.717, 1.165) is 13.0 Å². The number of rotatable bonds is 3. The molecule has 0 atom stereocenters. The molecule has 0 unspecified atom stereocenters. The van der Waals surface area contributed by atoms with Crippen molar-refractivity contribution in [1.82, 2.24) is 4.90 Å². The Hall–Kier alpha value is -1.61. The van der Waals surface area contributed by atoms with Crippen molar-refractivity contribution in [2.75, 3.05) is 19.6 Å². The normalized spacial score (nSPS) is 15.6. The molecule has 1 aromatic carbocycles. The van der Waals surface area contributed by atoms with Crippen LogP contribution >= 0.6 is 0 Å². The summed E-state index contributed by atoms with van der Waals surface area (Å²) in [6, 6.07) is 10.3. The molecule has 3 heteroatoms. The number of nitrogens with two attached hydrogens (primary N) is 1. The van der Waals surface area contributed by atoms with Gasteiger partial charge in [0.25, 0.3) is 0 Å². The number of carbonyl (C=O) groups is 1. The molecule has 0 aromatic heterocycles. The van der Waals surface area contributed by atoms with Crippen LogP contribution in [0, 0.1) is 0 Å². The third kappa shape index (κ3) is 2.94. The molecule has 0 fully saturated rings. The largest absolute Gasteiger partial charge is 0.339 e. The first kappa shape index (κ1) is 11.9. The van der Waals surface area contributed by atoms with Crippen LogP contribution in [0.15, 0.2) is 36.4 Å². The van der Waals surface area contributed by atoms with Crippen LogP contribution in [-0.4, -0.2) is 30.4 Å². The van der Waals surface area contributed by atoms with E-state index in [1.807, 2.05) is 23.1 Å². The molecular weight excluding hydrogens is 212 g/mol. The second-order valence-corrected chi connectivity index (χ2v) is 4.22. The highest BCUT2D eigenvalue weighted by atomic mass is 16.2. The Labute approximate surface area is 102 Å². The van der Waals surface area contributed by atoms with E-state index in [-0.39, 0.29) is 5.91 Å². The fourth-order valence-electron chi connectivity index (χ4n) is 2.09. The predicted octanol–water partition coefficient (Wildman–Crippen LogP) is 1.65. The summed E-state index contributed by atoms with van der Waals surface area (Å²) in [7, 11) is 0. The summed E-state index contributed by atoms with van der Waals surface area (Å²) in [4.78, 5) is 13.5. The van der Waals surface area contributed by atoms with Crippen LogP contribution in [-0.2, 0) is 4.79 Å². The molecule has 0 bridgehead atoms. The lowest BCUT2D eigenvalue weighted by molar-refractivity contribution is -0.130. The first-order valence-corrected chi connectivity index (χ1v) is 6.03. The zero-order chi connectivity index (χ0) is 12.1. The Morgan fingerprint density at radius 1 is 1.29 bits per heavy atom. The quantitative estimate of drug-likeness (QED) is 0.858. The molecule has 17 heavy (non-hydrogen) atoms. The summed E-state index contributed by atoms with van der Waals surface area (Å²) >= 11 is 0. The van der Waals surface area contributed by atoms with Gasteiger partial charge in [-0.15, -0.1) is 0 Å². The van der Waals surface area contributed by atoms with Crippen LogP contribution < -0.4 is 5.73 Å². The monoisotopic (exact) mass is 230 g/mol. The zero-order valence-electron chi connectivity index (χ0n) is 9.93. The van der Waals surface area contributed by atoms with Crippen molar-refractivity contribution in [3.8, 4) is 0 Å². The van der Waals surface area contributed by atoms with Gasteiger partial charge in [-0.2, -0.15) is 0 Å². The maximum absolute atomic E-state index is 11.7. The molecule has 1 amide bonds. The molecule has 0 saturated carbocycles. The van der Waals surface area contributed by atoms with Gasteiger partial charge in [0, 0.05) is 26.1 Å². The highest BCUT2D eigenvalue weighted by molar-refractivity contribution is 5.78. The van der Waals surface area contributed by atoms with Crippen molar-refractivity contribution in [2.45, 2.75) is 12.8 Å². The zero-order valence-corrected chi connectivity index (χ0v) is 9.93. The van der Waals surface area contributed by atoms with Gasteiger partial charge in [0.15, 0.2) is 0 Å². The number of carbonyl (C=O) groups excluding carboxylic acids is 1. The molecule has 1 aliphatic rings. The lowest BCUT2D eigenvalue weighted by Crippen LogP contribution is -2.35. The van der Waals surface area contributed by atoms with Crippen LogP contribution in [0.25, 0.3) is 5.57 Å².